The van der Waals surface area contributed by atoms with E-state index in [2.05, 4.69) is 44.7 Å². The van der Waals surface area contributed by atoms with Gasteiger partial charge in [-0.3, -0.25) is 4.90 Å². The maximum absolute atomic E-state index is 10.3. The molecule has 5 rings (SSSR count). The highest BCUT2D eigenvalue weighted by Gasteiger charge is 2.32. The second kappa shape index (κ2) is 11.1. The van der Waals surface area contributed by atoms with E-state index < -0.39 is 0 Å². The van der Waals surface area contributed by atoms with Crippen LogP contribution in [0.3, 0.4) is 0 Å². The number of fused-ring (bicyclic) bond motifs is 1. The molecule has 3 unspecified atom stereocenters. The van der Waals surface area contributed by atoms with Crippen LogP contribution in [0, 0.1) is 11.8 Å². The predicted octanol–water partition coefficient (Wildman–Crippen LogP) is 7.30. The molecule has 5 heteroatoms. The van der Waals surface area contributed by atoms with Crippen molar-refractivity contribution in [3.8, 4) is 23.0 Å². The van der Waals surface area contributed by atoms with Gasteiger partial charge in [0.25, 0.3) is 0 Å². The van der Waals surface area contributed by atoms with Gasteiger partial charge in [0.05, 0.1) is 0 Å². The Bertz CT molecular complexity index is 1300. The lowest BCUT2D eigenvalue weighted by Gasteiger charge is -2.33. The van der Waals surface area contributed by atoms with Gasteiger partial charge in [-0.15, -0.1) is 0 Å². The van der Waals surface area contributed by atoms with Crippen molar-refractivity contribution < 1.29 is 19.7 Å². The fourth-order valence-electron chi connectivity index (χ4n) is 5.64. The largest absolute Gasteiger partial charge is 0.508 e. The third-order valence-electron chi connectivity index (χ3n) is 7.64. The number of phenols is 2. The standard InChI is InChI=1S/C33H39NO4/c1-21(2)16-30-29-18-27(36)10-13-31(29)38-33(32(30)25-6-5-7-26(35)17-25)24-8-11-28(12-9-24)37-20-23(4)34-15-14-22(3)19-34/h5-13,17-18,21-23,33,35-36H,14-16,19-20H2,1-4H3. The van der Waals surface area contributed by atoms with E-state index in [0.717, 1.165) is 64.8 Å². The molecule has 3 aromatic rings. The fraction of sp³-hybridized carbons (Fsp3) is 0.394. The van der Waals surface area contributed by atoms with Gasteiger partial charge in [-0.2, -0.15) is 0 Å². The number of allylic oxidation sites excluding steroid dienone is 1. The van der Waals surface area contributed by atoms with Crippen LogP contribution in [0.4, 0.5) is 0 Å². The Morgan fingerprint density at radius 3 is 2.42 bits per heavy atom. The molecule has 0 spiro atoms. The van der Waals surface area contributed by atoms with Gasteiger partial charge < -0.3 is 19.7 Å². The summed E-state index contributed by atoms with van der Waals surface area (Å²) in [4.78, 5) is 2.51. The summed E-state index contributed by atoms with van der Waals surface area (Å²) in [5.74, 6) is 3.17. The molecule has 0 aromatic heterocycles. The Balaban J connectivity index is 1.47. The van der Waals surface area contributed by atoms with E-state index in [-0.39, 0.29) is 17.6 Å². The zero-order valence-electron chi connectivity index (χ0n) is 22.9. The average Bonchev–Trinajstić information content (AvgIpc) is 3.33. The zero-order valence-corrected chi connectivity index (χ0v) is 22.9. The molecule has 2 aliphatic heterocycles. The summed E-state index contributed by atoms with van der Waals surface area (Å²) in [6.45, 7) is 11.9. The van der Waals surface area contributed by atoms with Crippen molar-refractivity contribution in [1.82, 2.24) is 4.90 Å². The Hall–Kier alpha value is -3.44. The van der Waals surface area contributed by atoms with Gasteiger partial charge >= 0.3 is 0 Å². The van der Waals surface area contributed by atoms with E-state index in [1.807, 2.05) is 30.3 Å². The molecule has 5 nitrogen and oxygen atoms in total. The number of rotatable bonds is 8. The summed E-state index contributed by atoms with van der Waals surface area (Å²) < 4.78 is 12.8. The van der Waals surface area contributed by atoms with Crippen molar-refractivity contribution in [2.45, 2.75) is 52.7 Å². The molecule has 200 valence electrons. The first-order valence-corrected chi connectivity index (χ1v) is 13.8. The molecule has 3 atom stereocenters. The topological polar surface area (TPSA) is 62.2 Å². The second-order valence-electron chi connectivity index (χ2n) is 11.3. The Morgan fingerprint density at radius 1 is 0.974 bits per heavy atom. The van der Waals surface area contributed by atoms with Gasteiger partial charge in [-0.05, 0) is 97.3 Å². The van der Waals surface area contributed by atoms with Crippen molar-refractivity contribution in [3.63, 3.8) is 0 Å². The summed E-state index contributed by atoms with van der Waals surface area (Å²) in [6.07, 6.45) is 1.72. The van der Waals surface area contributed by atoms with Gasteiger partial charge in [-0.25, -0.2) is 0 Å². The van der Waals surface area contributed by atoms with E-state index >= 15 is 0 Å². The van der Waals surface area contributed by atoms with E-state index in [1.54, 1.807) is 24.3 Å². The maximum atomic E-state index is 10.3. The number of likely N-dealkylation sites (tertiary alicyclic amines) is 1. The first kappa shape index (κ1) is 26.2. The molecule has 0 amide bonds. The third-order valence-corrected chi connectivity index (χ3v) is 7.64. The molecule has 0 saturated carbocycles. The Morgan fingerprint density at radius 2 is 1.74 bits per heavy atom. The van der Waals surface area contributed by atoms with Gasteiger partial charge in [-0.1, -0.05) is 45.0 Å². The Kier molecular flexibility index (Phi) is 7.66. The minimum Gasteiger partial charge on any atom is -0.508 e. The third kappa shape index (κ3) is 5.68. The van der Waals surface area contributed by atoms with Crippen LogP contribution in [0.2, 0.25) is 0 Å². The molecule has 0 radical (unpaired) electrons. The SMILES string of the molecule is CC(C)CC1=C(c2cccc(O)c2)C(c2ccc(OCC(C)N3CCC(C)C3)cc2)Oc2ccc(O)cc21. The molecule has 2 aliphatic rings. The first-order chi connectivity index (χ1) is 18.3. The number of hydrogen-bond donors (Lipinski definition) is 2. The van der Waals surface area contributed by atoms with Crippen molar-refractivity contribution in [2.24, 2.45) is 11.8 Å². The molecular formula is C33H39NO4. The molecule has 38 heavy (non-hydrogen) atoms. The molecule has 1 fully saturated rings. The molecule has 2 N–H and O–H groups in total. The van der Waals surface area contributed by atoms with Gasteiger partial charge in [0, 0.05) is 23.7 Å². The van der Waals surface area contributed by atoms with Crippen LogP contribution in [0.5, 0.6) is 23.0 Å². The van der Waals surface area contributed by atoms with Crippen LogP contribution in [0.15, 0.2) is 66.7 Å². The number of ether oxygens (including phenoxy) is 2. The van der Waals surface area contributed by atoms with Crippen LogP contribution < -0.4 is 9.47 Å². The first-order valence-electron chi connectivity index (χ1n) is 13.8. The summed E-state index contributed by atoms with van der Waals surface area (Å²) >= 11 is 0. The molecular weight excluding hydrogens is 474 g/mol. The van der Waals surface area contributed by atoms with E-state index in [1.165, 1.54) is 6.42 Å². The smallest absolute Gasteiger partial charge is 0.150 e. The molecule has 1 saturated heterocycles. The highest BCUT2D eigenvalue weighted by molar-refractivity contribution is 5.96. The zero-order chi connectivity index (χ0) is 26.8. The van der Waals surface area contributed by atoms with Crippen LogP contribution in [-0.2, 0) is 0 Å². The number of phenolic OH excluding ortho intramolecular Hbond substituents is 2. The number of benzene rings is 3. The fourth-order valence-corrected chi connectivity index (χ4v) is 5.64. The van der Waals surface area contributed by atoms with Crippen molar-refractivity contribution in [1.29, 1.82) is 0 Å². The maximum Gasteiger partial charge on any atom is 0.150 e. The molecule has 3 aromatic carbocycles. The van der Waals surface area contributed by atoms with Crippen LogP contribution >= 0.6 is 0 Å². The summed E-state index contributed by atoms with van der Waals surface area (Å²) in [7, 11) is 0. The van der Waals surface area contributed by atoms with Gasteiger partial charge in [0.1, 0.15) is 35.7 Å². The summed E-state index contributed by atoms with van der Waals surface area (Å²) in [6, 6.07) is 21.2. The lowest BCUT2D eigenvalue weighted by atomic mass is 9.82. The molecule has 2 heterocycles. The van der Waals surface area contributed by atoms with Crippen LogP contribution in [0.1, 0.15) is 63.3 Å². The van der Waals surface area contributed by atoms with Gasteiger partial charge in [0.2, 0.25) is 0 Å². The summed E-state index contributed by atoms with van der Waals surface area (Å²) in [5.41, 5.74) is 4.96. The van der Waals surface area contributed by atoms with Crippen molar-refractivity contribution >= 4 is 11.1 Å². The number of aromatic hydroxyl groups is 2. The minimum atomic E-state index is -0.360. The Labute approximate surface area is 226 Å². The number of nitrogens with zero attached hydrogens (tertiary/aromatic N) is 1. The minimum absolute atomic E-state index is 0.210. The summed E-state index contributed by atoms with van der Waals surface area (Å²) in [5, 5.41) is 20.6. The normalized spacial score (nSPS) is 20.3. The van der Waals surface area contributed by atoms with Gasteiger partial charge in [0.15, 0.2) is 0 Å². The average molecular weight is 514 g/mol. The highest BCUT2D eigenvalue weighted by Crippen LogP contribution is 2.49. The van der Waals surface area contributed by atoms with Crippen LogP contribution in [0.25, 0.3) is 11.1 Å². The van der Waals surface area contributed by atoms with E-state index in [4.69, 9.17) is 9.47 Å². The highest BCUT2D eigenvalue weighted by atomic mass is 16.5. The predicted molar refractivity (Wildman–Crippen MR) is 153 cm³/mol. The second-order valence-corrected chi connectivity index (χ2v) is 11.3. The molecule has 0 bridgehead atoms. The van der Waals surface area contributed by atoms with Crippen molar-refractivity contribution in [2.75, 3.05) is 19.7 Å². The lowest BCUT2D eigenvalue weighted by Crippen LogP contribution is -2.35. The monoisotopic (exact) mass is 513 g/mol. The van der Waals surface area contributed by atoms with E-state index in [9.17, 15) is 10.2 Å². The lowest BCUT2D eigenvalue weighted by molar-refractivity contribution is 0.169. The van der Waals surface area contributed by atoms with Crippen LogP contribution in [-0.4, -0.2) is 40.9 Å². The quantitative estimate of drug-likeness (QED) is 0.331. The molecule has 0 aliphatic carbocycles. The van der Waals surface area contributed by atoms with E-state index in [0.29, 0.717) is 18.6 Å². The van der Waals surface area contributed by atoms with Crippen molar-refractivity contribution in [3.05, 3.63) is 83.4 Å². The number of hydrogen-bond acceptors (Lipinski definition) is 5.